The molecule has 0 spiro atoms. The van der Waals surface area contributed by atoms with Crippen molar-refractivity contribution in [1.82, 2.24) is 0 Å². The van der Waals surface area contributed by atoms with Gasteiger partial charge in [-0.3, -0.25) is 4.79 Å². The van der Waals surface area contributed by atoms with Gasteiger partial charge in [0.15, 0.2) is 0 Å². The summed E-state index contributed by atoms with van der Waals surface area (Å²) in [5.74, 6) is -0.237. The Morgan fingerprint density at radius 1 is 1.33 bits per heavy atom. The molecular formula is C6H14ClNO3S. The smallest absolute Gasteiger partial charge is 0.217 e. The van der Waals surface area contributed by atoms with E-state index in [1.807, 2.05) is 0 Å². The molecule has 12 heavy (non-hydrogen) atoms. The molecule has 0 aromatic heterocycles. The van der Waals surface area contributed by atoms with Crippen molar-refractivity contribution in [1.29, 1.82) is 0 Å². The summed E-state index contributed by atoms with van der Waals surface area (Å²) in [6.45, 7) is 0. The summed E-state index contributed by atoms with van der Waals surface area (Å²) in [6, 6.07) is 0. The monoisotopic (exact) mass is 215 g/mol. The Labute approximate surface area is 78.8 Å². The molecule has 0 aliphatic heterocycles. The molecule has 0 saturated heterocycles. The van der Waals surface area contributed by atoms with Crippen molar-refractivity contribution in [3.63, 3.8) is 0 Å². The molecule has 0 fully saturated rings. The lowest BCUT2D eigenvalue weighted by atomic mass is 10.2. The van der Waals surface area contributed by atoms with E-state index in [1.54, 1.807) is 0 Å². The Morgan fingerprint density at radius 3 is 2.17 bits per heavy atom. The van der Waals surface area contributed by atoms with Crippen molar-refractivity contribution in [2.24, 2.45) is 5.73 Å². The van der Waals surface area contributed by atoms with Gasteiger partial charge in [-0.2, -0.15) is 0 Å². The second-order valence-corrected chi connectivity index (χ2v) is 4.81. The standard InChI is InChI=1S/C6H13NO3S.ClH/c1-11(9,10)5-3-2-4-6(7)8;/h2-5H2,1H3,(H2,7,8);1H. The molecule has 0 atom stereocenters. The van der Waals surface area contributed by atoms with E-state index in [1.165, 1.54) is 6.26 Å². The minimum absolute atomic E-state index is 0. The number of primary amides is 1. The van der Waals surface area contributed by atoms with Crippen LogP contribution >= 0.6 is 12.4 Å². The van der Waals surface area contributed by atoms with E-state index in [0.717, 1.165) is 0 Å². The van der Waals surface area contributed by atoms with E-state index in [4.69, 9.17) is 5.73 Å². The van der Waals surface area contributed by atoms with Crippen LogP contribution in [-0.2, 0) is 14.6 Å². The SMILES string of the molecule is CS(=O)(=O)CCCCC(N)=O.Cl. The Hall–Kier alpha value is -0.290. The number of nitrogens with two attached hydrogens (primary N) is 1. The maximum absolute atomic E-state index is 10.6. The number of carbonyl (C=O) groups excluding carboxylic acids is 1. The van der Waals surface area contributed by atoms with Crippen LogP contribution in [0.3, 0.4) is 0 Å². The zero-order valence-electron chi connectivity index (χ0n) is 6.95. The van der Waals surface area contributed by atoms with Gasteiger partial charge in [-0.1, -0.05) is 0 Å². The van der Waals surface area contributed by atoms with E-state index >= 15 is 0 Å². The molecule has 0 bridgehead atoms. The van der Waals surface area contributed by atoms with Crippen LogP contribution < -0.4 is 5.73 Å². The third-order valence-electron chi connectivity index (χ3n) is 1.19. The number of amides is 1. The van der Waals surface area contributed by atoms with E-state index in [-0.39, 0.29) is 30.5 Å². The second-order valence-electron chi connectivity index (χ2n) is 2.55. The first-order valence-electron chi connectivity index (χ1n) is 3.38. The fraction of sp³-hybridized carbons (Fsp3) is 0.833. The van der Waals surface area contributed by atoms with Crippen molar-refractivity contribution in [3.8, 4) is 0 Å². The van der Waals surface area contributed by atoms with Crippen LogP contribution in [0.15, 0.2) is 0 Å². The fourth-order valence-electron chi connectivity index (χ4n) is 0.663. The van der Waals surface area contributed by atoms with Crippen molar-refractivity contribution in [3.05, 3.63) is 0 Å². The Morgan fingerprint density at radius 2 is 1.83 bits per heavy atom. The van der Waals surface area contributed by atoms with Gasteiger partial charge in [0, 0.05) is 18.4 Å². The molecule has 0 aliphatic rings. The summed E-state index contributed by atoms with van der Waals surface area (Å²) in [6.07, 6.45) is 2.52. The first-order valence-corrected chi connectivity index (χ1v) is 5.44. The molecule has 0 unspecified atom stereocenters. The van der Waals surface area contributed by atoms with Crippen LogP contribution in [0.1, 0.15) is 19.3 Å². The van der Waals surface area contributed by atoms with Crippen molar-refractivity contribution in [2.45, 2.75) is 19.3 Å². The highest BCUT2D eigenvalue weighted by Gasteiger charge is 2.01. The van der Waals surface area contributed by atoms with Crippen molar-refractivity contribution < 1.29 is 13.2 Å². The first kappa shape index (κ1) is 14.2. The highest BCUT2D eigenvalue weighted by atomic mass is 35.5. The molecule has 2 N–H and O–H groups in total. The van der Waals surface area contributed by atoms with E-state index in [2.05, 4.69) is 0 Å². The highest BCUT2D eigenvalue weighted by Crippen LogP contribution is 1.97. The molecule has 4 nitrogen and oxygen atoms in total. The van der Waals surface area contributed by atoms with Gasteiger partial charge in [-0.15, -0.1) is 12.4 Å². The summed E-state index contributed by atoms with van der Waals surface area (Å²) in [5, 5.41) is 0. The van der Waals surface area contributed by atoms with Gasteiger partial charge in [-0.25, -0.2) is 8.42 Å². The summed E-state index contributed by atoms with van der Waals surface area (Å²) in [7, 11) is -2.87. The maximum atomic E-state index is 10.6. The van der Waals surface area contributed by atoms with Gasteiger partial charge >= 0.3 is 0 Å². The molecule has 0 aliphatic carbocycles. The van der Waals surface area contributed by atoms with Crippen LogP contribution in [0.2, 0.25) is 0 Å². The number of hydrogen-bond acceptors (Lipinski definition) is 3. The quantitative estimate of drug-likeness (QED) is 0.662. The molecule has 0 rings (SSSR count). The predicted octanol–water partition coefficient (Wildman–Crippen LogP) is 0.108. The molecule has 74 valence electrons. The summed E-state index contributed by atoms with van der Waals surface area (Å²) in [5.41, 5.74) is 4.85. The topological polar surface area (TPSA) is 77.2 Å². The Balaban J connectivity index is 0. The highest BCUT2D eigenvalue weighted by molar-refractivity contribution is 7.90. The second kappa shape index (κ2) is 6.25. The van der Waals surface area contributed by atoms with Gasteiger partial charge in [0.2, 0.25) is 5.91 Å². The lowest BCUT2D eigenvalue weighted by molar-refractivity contribution is -0.118. The van der Waals surface area contributed by atoms with Crippen LogP contribution in [0.25, 0.3) is 0 Å². The van der Waals surface area contributed by atoms with E-state index in [0.29, 0.717) is 12.8 Å². The summed E-state index contributed by atoms with van der Waals surface area (Å²) in [4.78, 5) is 10.2. The molecular weight excluding hydrogens is 202 g/mol. The van der Waals surface area contributed by atoms with Crippen LogP contribution in [0.4, 0.5) is 0 Å². The minimum Gasteiger partial charge on any atom is -0.370 e. The molecule has 0 saturated carbocycles. The molecule has 0 aromatic carbocycles. The van der Waals surface area contributed by atoms with Crippen LogP contribution in [0, 0.1) is 0 Å². The Kier molecular flexibility index (Phi) is 7.42. The number of rotatable bonds is 5. The number of carbonyl (C=O) groups is 1. The number of halogens is 1. The van der Waals surface area contributed by atoms with Crippen molar-refractivity contribution >= 4 is 28.2 Å². The maximum Gasteiger partial charge on any atom is 0.217 e. The van der Waals surface area contributed by atoms with E-state index < -0.39 is 9.84 Å². The zero-order chi connectivity index (χ0) is 8.91. The van der Waals surface area contributed by atoms with Crippen molar-refractivity contribution in [2.75, 3.05) is 12.0 Å². The van der Waals surface area contributed by atoms with Gasteiger partial charge < -0.3 is 5.73 Å². The van der Waals surface area contributed by atoms with Crippen LogP contribution in [-0.4, -0.2) is 26.3 Å². The van der Waals surface area contributed by atoms with Gasteiger partial charge in [-0.05, 0) is 12.8 Å². The average molecular weight is 216 g/mol. The average Bonchev–Trinajstić information content (AvgIpc) is 1.78. The van der Waals surface area contributed by atoms with Gasteiger partial charge in [0.1, 0.15) is 9.84 Å². The summed E-state index contributed by atoms with van der Waals surface area (Å²) >= 11 is 0. The summed E-state index contributed by atoms with van der Waals surface area (Å²) < 4.78 is 21.1. The minimum atomic E-state index is -2.87. The molecule has 0 heterocycles. The fourth-order valence-corrected chi connectivity index (χ4v) is 1.39. The van der Waals surface area contributed by atoms with Gasteiger partial charge in [0.25, 0.3) is 0 Å². The lowest BCUT2D eigenvalue weighted by Crippen LogP contribution is -2.11. The molecule has 0 radical (unpaired) electrons. The van der Waals surface area contributed by atoms with E-state index in [9.17, 15) is 13.2 Å². The third-order valence-corrected chi connectivity index (χ3v) is 2.22. The normalized spacial score (nSPS) is 10.4. The number of hydrogen-bond donors (Lipinski definition) is 1. The Bertz CT molecular complexity index is 225. The zero-order valence-corrected chi connectivity index (χ0v) is 8.58. The predicted molar refractivity (Wildman–Crippen MR) is 50.0 cm³/mol. The third kappa shape index (κ3) is 12.4. The van der Waals surface area contributed by atoms with Crippen LogP contribution in [0.5, 0.6) is 0 Å². The number of unbranched alkanes of at least 4 members (excludes halogenated alkanes) is 1. The largest absolute Gasteiger partial charge is 0.370 e. The molecule has 1 amide bonds. The number of sulfone groups is 1. The van der Waals surface area contributed by atoms with Gasteiger partial charge in [0.05, 0.1) is 0 Å². The molecule has 6 heteroatoms. The first-order chi connectivity index (χ1) is 4.92. The molecule has 0 aromatic rings. The lowest BCUT2D eigenvalue weighted by Gasteiger charge is -1.95.